The number of ether oxygens (including phenoxy) is 1. The van der Waals surface area contributed by atoms with Gasteiger partial charge in [-0.1, -0.05) is 54.1 Å². The van der Waals surface area contributed by atoms with E-state index in [-0.39, 0.29) is 6.61 Å². The Balaban J connectivity index is 1.95. The first-order chi connectivity index (χ1) is 10.7. The summed E-state index contributed by atoms with van der Waals surface area (Å²) in [5.41, 5.74) is 2.69. The second-order valence-corrected chi connectivity index (χ2v) is 6.17. The van der Waals surface area contributed by atoms with Crippen molar-refractivity contribution in [3.63, 3.8) is 0 Å². The minimum Gasteiger partial charge on any atom is -0.375 e. The quantitative estimate of drug-likeness (QED) is 0.461. The third kappa shape index (κ3) is 5.03. The largest absolute Gasteiger partial charge is 0.375 e. The Morgan fingerprint density at radius 3 is 2.55 bits per heavy atom. The summed E-state index contributed by atoms with van der Waals surface area (Å²) in [6, 6.07) is 16.9. The molecular weight excluding hydrogens is 322 g/mol. The normalized spacial score (nSPS) is 11.9. The molecule has 0 aliphatic heterocycles. The van der Waals surface area contributed by atoms with Gasteiger partial charge in [0.05, 0.1) is 18.2 Å². The number of nitrogens with one attached hydrogen (secondary N) is 1. The summed E-state index contributed by atoms with van der Waals surface area (Å²) in [5.74, 6) is -0.516. The Kier molecular flexibility index (Phi) is 6.74. The molecule has 1 atom stereocenters. The predicted molar refractivity (Wildman–Crippen MR) is 87.1 cm³/mol. The summed E-state index contributed by atoms with van der Waals surface area (Å²) in [5, 5.41) is 8.84. The van der Waals surface area contributed by atoms with Crippen LogP contribution in [-0.2, 0) is 16.1 Å². The molecule has 0 heterocycles. The fourth-order valence-corrected chi connectivity index (χ4v) is 3.02. The maximum atomic E-state index is 11.8. The van der Waals surface area contributed by atoms with E-state index in [1.165, 1.54) is 11.8 Å². The fourth-order valence-electron chi connectivity index (χ4n) is 1.79. The van der Waals surface area contributed by atoms with Gasteiger partial charge in [0.25, 0.3) is 5.91 Å². The average molecular weight is 338 g/mol. The van der Waals surface area contributed by atoms with Crippen LogP contribution in [0.5, 0.6) is 0 Å². The van der Waals surface area contributed by atoms with Gasteiger partial charge in [-0.15, -0.1) is 11.8 Å². The van der Waals surface area contributed by atoms with E-state index in [2.05, 4.69) is 0 Å². The molecule has 0 saturated heterocycles. The lowest BCUT2D eigenvalue weighted by Crippen LogP contribution is -2.33. The molecule has 6 heteroatoms. The number of benzene rings is 2. The first-order valence-corrected chi connectivity index (χ1v) is 7.93. The van der Waals surface area contributed by atoms with E-state index in [9.17, 15) is 4.79 Å². The van der Waals surface area contributed by atoms with Gasteiger partial charge in [0, 0.05) is 4.90 Å². The first-order valence-electron chi connectivity index (χ1n) is 6.67. The van der Waals surface area contributed by atoms with Crippen LogP contribution in [0.25, 0.3) is 0 Å². The Labute approximate surface area is 138 Å². The highest BCUT2D eigenvalue weighted by Crippen LogP contribution is 2.30. The molecule has 1 unspecified atom stereocenters. The molecule has 2 rings (SSSR count). The molecule has 0 spiro atoms. The monoisotopic (exact) mass is 337 g/mol. The van der Waals surface area contributed by atoms with E-state index in [1.807, 2.05) is 48.5 Å². The highest BCUT2D eigenvalue weighted by atomic mass is 35.5. The molecule has 0 aliphatic rings. The van der Waals surface area contributed by atoms with Gasteiger partial charge in [0.1, 0.15) is 5.25 Å². The molecule has 0 bridgehead atoms. The maximum Gasteiger partial charge on any atom is 0.259 e. The fraction of sp³-hybridized carbons (Fsp3) is 0.188. The number of hydroxylamine groups is 1. The Morgan fingerprint density at radius 2 is 1.86 bits per heavy atom. The lowest BCUT2D eigenvalue weighted by molar-refractivity contribution is -0.129. The van der Waals surface area contributed by atoms with E-state index in [0.29, 0.717) is 11.6 Å². The van der Waals surface area contributed by atoms with E-state index in [4.69, 9.17) is 21.5 Å². The van der Waals surface area contributed by atoms with Gasteiger partial charge in [-0.2, -0.15) is 0 Å². The molecule has 22 heavy (non-hydrogen) atoms. The van der Waals surface area contributed by atoms with Crippen molar-refractivity contribution in [3.8, 4) is 0 Å². The Hall–Kier alpha value is -1.53. The van der Waals surface area contributed by atoms with Crippen LogP contribution in [0.3, 0.4) is 0 Å². The first kappa shape index (κ1) is 16.8. The van der Waals surface area contributed by atoms with E-state index in [1.54, 1.807) is 11.5 Å². The molecule has 1 amide bonds. The molecule has 2 aromatic rings. The molecule has 4 nitrogen and oxygen atoms in total. The van der Waals surface area contributed by atoms with E-state index in [0.717, 1.165) is 10.5 Å². The zero-order valence-electron chi connectivity index (χ0n) is 11.7. The molecule has 0 saturated carbocycles. The van der Waals surface area contributed by atoms with Gasteiger partial charge in [0.2, 0.25) is 0 Å². The van der Waals surface area contributed by atoms with Crippen LogP contribution in [0.1, 0.15) is 5.56 Å². The van der Waals surface area contributed by atoms with Crippen molar-refractivity contribution in [1.29, 1.82) is 0 Å². The minimum atomic E-state index is -0.589. The van der Waals surface area contributed by atoms with Crippen LogP contribution in [0.15, 0.2) is 59.5 Å². The van der Waals surface area contributed by atoms with Crippen LogP contribution in [0.4, 0.5) is 0 Å². The number of carbonyl (C=O) groups excluding carboxylic acids is 1. The van der Waals surface area contributed by atoms with Gasteiger partial charge < -0.3 is 4.74 Å². The summed E-state index contributed by atoms with van der Waals surface area (Å²) < 4.78 is 5.58. The van der Waals surface area contributed by atoms with Crippen molar-refractivity contribution in [2.75, 3.05) is 6.61 Å². The van der Waals surface area contributed by atoms with Gasteiger partial charge in [0.15, 0.2) is 0 Å². The van der Waals surface area contributed by atoms with Crippen molar-refractivity contribution in [2.45, 2.75) is 16.8 Å². The van der Waals surface area contributed by atoms with Crippen molar-refractivity contribution >= 4 is 29.3 Å². The number of halogens is 1. The number of carbonyl (C=O) groups is 1. The minimum absolute atomic E-state index is 0.164. The van der Waals surface area contributed by atoms with Crippen LogP contribution < -0.4 is 5.48 Å². The summed E-state index contributed by atoms with van der Waals surface area (Å²) in [6.07, 6.45) is 0. The SMILES string of the molecule is O=C(NO)C(COCc1ccccc1)Sc1ccccc1Cl. The molecule has 0 fully saturated rings. The molecule has 2 aromatic carbocycles. The molecular formula is C16H16ClNO3S. The van der Waals surface area contributed by atoms with E-state index < -0.39 is 11.2 Å². The number of hydrogen-bond acceptors (Lipinski definition) is 4. The highest BCUT2D eigenvalue weighted by Gasteiger charge is 2.21. The van der Waals surface area contributed by atoms with Gasteiger partial charge >= 0.3 is 0 Å². The number of rotatable bonds is 7. The van der Waals surface area contributed by atoms with E-state index >= 15 is 0 Å². The van der Waals surface area contributed by atoms with Gasteiger partial charge in [-0.05, 0) is 17.7 Å². The molecule has 116 valence electrons. The summed E-state index contributed by atoms with van der Waals surface area (Å²) in [6.45, 7) is 0.566. The van der Waals surface area contributed by atoms with Crippen molar-refractivity contribution in [3.05, 3.63) is 65.2 Å². The van der Waals surface area contributed by atoms with Crippen LogP contribution in [0, 0.1) is 0 Å². The molecule has 0 aliphatic carbocycles. The number of amides is 1. The molecule has 0 aromatic heterocycles. The average Bonchev–Trinajstić information content (AvgIpc) is 2.56. The second-order valence-electron chi connectivity index (χ2n) is 4.51. The molecule has 0 radical (unpaired) electrons. The van der Waals surface area contributed by atoms with Gasteiger partial charge in [-0.3, -0.25) is 10.0 Å². The van der Waals surface area contributed by atoms with Crippen LogP contribution in [-0.4, -0.2) is 23.0 Å². The summed E-state index contributed by atoms with van der Waals surface area (Å²) in [7, 11) is 0. The lowest BCUT2D eigenvalue weighted by atomic mass is 10.2. The second kappa shape index (κ2) is 8.80. The Bertz CT molecular complexity index is 609. The lowest BCUT2D eigenvalue weighted by Gasteiger charge is -2.15. The summed E-state index contributed by atoms with van der Waals surface area (Å²) in [4.78, 5) is 12.5. The predicted octanol–water partition coefficient (Wildman–Crippen LogP) is 3.52. The molecule has 2 N–H and O–H groups in total. The van der Waals surface area contributed by atoms with Crippen molar-refractivity contribution < 1.29 is 14.7 Å². The van der Waals surface area contributed by atoms with Crippen molar-refractivity contribution in [2.24, 2.45) is 0 Å². The number of hydrogen-bond donors (Lipinski definition) is 2. The highest BCUT2D eigenvalue weighted by molar-refractivity contribution is 8.00. The van der Waals surface area contributed by atoms with Gasteiger partial charge in [-0.25, -0.2) is 5.48 Å². The topological polar surface area (TPSA) is 58.6 Å². The third-order valence-electron chi connectivity index (χ3n) is 2.89. The number of thioether (sulfide) groups is 1. The standard InChI is InChI=1S/C16H16ClNO3S/c17-13-8-4-5-9-14(13)22-15(16(19)18-20)11-21-10-12-6-2-1-3-7-12/h1-9,15,20H,10-11H2,(H,18,19). The summed E-state index contributed by atoms with van der Waals surface area (Å²) >= 11 is 7.34. The Morgan fingerprint density at radius 1 is 1.18 bits per heavy atom. The van der Waals surface area contributed by atoms with Crippen LogP contribution >= 0.6 is 23.4 Å². The third-order valence-corrected chi connectivity index (χ3v) is 4.58. The maximum absolute atomic E-state index is 11.8. The smallest absolute Gasteiger partial charge is 0.259 e. The van der Waals surface area contributed by atoms with Crippen LogP contribution in [0.2, 0.25) is 5.02 Å². The van der Waals surface area contributed by atoms with Crippen molar-refractivity contribution in [1.82, 2.24) is 5.48 Å². The zero-order valence-corrected chi connectivity index (χ0v) is 13.3. The zero-order chi connectivity index (χ0) is 15.8.